The summed E-state index contributed by atoms with van der Waals surface area (Å²) in [6, 6.07) is 34.3. The van der Waals surface area contributed by atoms with Gasteiger partial charge in [-0.2, -0.15) is 0 Å². The van der Waals surface area contributed by atoms with Crippen molar-refractivity contribution >= 4 is 42.9 Å². The standard InChI is InChI=1S/C37H33AsN6O4/c39-36(46)37(20-11-21-38(47)48,23-25-12-3-1-4-13-25)44-32-19-10-9-18-31(32)43-33(26-14-5-2-6-15-26)41-42-34(43)29(35(44)45)22-27-24-40-30-17-8-7-16-28(27)30/h1-10,12-19,24,29,40H,11,20-23H2,(H2,39,46). The van der Waals surface area contributed by atoms with Crippen LogP contribution in [0.1, 0.15) is 35.7 Å². The van der Waals surface area contributed by atoms with Crippen LogP contribution in [-0.4, -0.2) is 51.6 Å². The van der Waals surface area contributed by atoms with Crippen LogP contribution in [0.4, 0.5) is 5.69 Å². The molecule has 7 rings (SSSR count). The number of anilines is 1. The molecule has 3 N–H and O–H groups in total. The summed E-state index contributed by atoms with van der Waals surface area (Å²) in [6.07, 6.45) is 2.48. The van der Waals surface area contributed by atoms with E-state index in [4.69, 9.17) is 5.73 Å². The Morgan fingerprint density at radius 2 is 1.52 bits per heavy atom. The Hall–Kier alpha value is -5.34. The molecule has 2 unspecified atom stereocenters. The van der Waals surface area contributed by atoms with E-state index in [9.17, 15) is 12.3 Å². The van der Waals surface area contributed by atoms with Gasteiger partial charge in [-0.05, 0) is 0 Å². The summed E-state index contributed by atoms with van der Waals surface area (Å²) in [6.45, 7) is 0. The summed E-state index contributed by atoms with van der Waals surface area (Å²) >= 11 is -3.52. The van der Waals surface area contributed by atoms with E-state index in [1.165, 1.54) is 0 Å². The van der Waals surface area contributed by atoms with Crippen molar-refractivity contribution in [1.29, 1.82) is 0 Å². The molecule has 0 fully saturated rings. The molecule has 4 aromatic carbocycles. The second-order valence-corrected chi connectivity index (χ2v) is 14.4. The average Bonchev–Trinajstić information content (AvgIpc) is 3.70. The number of aromatic nitrogens is 4. The van der Waals surface area contributed by atoms with Crippen molar-refractivity contribution in [2.45, 2.75) is 42.3 Å². The van der Waals surface area contributed by atoms with E-state index in [1.54, 1.807) is 4.90 Å². The number of benzene rings is 4. The number of carbonyl (C=O) groups is 2. The number of carbonyl (C=O) groups excluding carboxylic acids is 2. The second kappa shape index (κ2) is 13.0. The SMILES string of the molecule is NC(=O)C(CCC[As](=O)=O)(Cc1ccccc1)N1C(=O)C(Cc2c[nH]c3ccccc23)c2nnc(-c3ccccc3)n2-c2ccccc21. The summed E-state index contributed by atoms with van der Waals surface area (Å²) in [5.74, 6) is -0.970. The first-order valence-electron chi connectivity index (χ1n) is 15.8. The Balaban J connectivity index is 1.49. The van der Waals surface area contributed by atoms with Crippen molar-refractivity contribution in [3.8, 4) is 17.1 Å². The van der Waals surface area contributed by atoms with Gasteiger partial charge in [-0.3, -0.25) is 0 Å². The van der Waals surface area contributed by atoms with Crippen molar-refractivity contribution < 1.29 is 17.1 Å². The van der Waals surface area contributed by atoms with Gasteiger partial charge in [-0.1, -0.05) is 12.1 Å². The maximum absolute atomic E-state index is 15.4. The average molecular weight is 701 g/mol. The minimum absolute atomic E-state index is 0.0545. The minimum atomic E-state index is -3.52. The molecule has 6 aromatic rings. The first-order valence-corrected chi connectivity index (χ1v) is 18.7. The summed E-state index contributed by atoms with van der Waals surface area (Å²) < 4.78 is 25.6. The predicted octanol–water partition coefficient (Wildman–Crippen LogP) is 5.68. The number of hydrogen-bond donors (Lipinski definition) is 2. The van der Waals surface area contributed by atoms with E-state index < -0.39 is 31.9 Å². The van der Waals surface area contributed by atoms with Crippen LogP contribution >= 0.6 is 0 Å². The van der Waals surface area contributed by atoms with Gasteiger partial charge in [0.1, 0.15) is 0 Å². The monoisotopic (exact) mass is 700 g/mol. The van der Waals surface area contributed by atoms with Gasteiger partial charge >= 0.3 is 270 Å². The van der Waals surface area contributed by atoms with Crippen LogP contribution in [-0.2, 0) is 29.9 Å². The topological polar surface area (TPSA) is 144 Å². The molecule has 0 radical (unpaired) electrons. The van der Waals surface area contributed by atoms with Gasteiger partial charge in [-0.15, -0.1) is 0 Å². The number of H-pyrrole nitrogens is 1. The Bertz CT molecular complexity index is 2190. The van der Waals surface area contributed by atoms with Gasteiger partial charge in [0.05, 0.1) is 0 Å². The van der Waals surface area contributed by atoms with Gasteiger partial charge in [0.25, 0.3) is 0 Å². The normalized spacial score (nSPS) is 15.4. The number of nitrogens with one attached hydrogen (secondary N) is 1. The number of aromatic amines is 1. The van der Waals surface area contributed by atoms with Crippen molar-refractivity contribution in [2.75, 3.05) is 4.90 Å². The van der Waals surface area contributed by atoms with E-state index in [0.717, 1.165) is 27.6 Å². The molecule has 2 atom stereocenters. The Kier molecular flexibility index (Phi) is 8.50. The third kappa shape index (κ3) is 5.62. The van der Waals surface area contributed by atoms with E-state index in [2.05, 4.69) is 15.2 Å². The molecule has 2 amide bonds. The van der Waals surface area contributed by atoms with Gasteiger partial charge < -0.3 is 0 Å². The number of nitrogens with two attached hydrogens (primary N) is 1. The molecule has 240 valence electrons. The van der Waals surface area contributed by atoms with Gasteiger partial charge in [0.15, 0.2) is 0 Å². The number of fused-ring (bicyclic) bond motifs is 4. The fourth-order valence-corrected chi connectivity index (χ4v) is 7.81. The number of amides is 2. The molecule has 2 aromatic heterocycles. The Labute approximate surface area is 281 Å². The molecule has 0 aliphatic carbocycles. The van der Waals surface area contributed by atoms with Crippen molar-refractivity contribution in [3.63, 3.8) is 0 Å². The number of para-hydroxylation sites is 3. The zero-order valence-electron chi connectivity index (χ0n) is 26.0. The number of hydrogen-bond acceptors (Lipinski definition) is 6. The predicted molar refractivity (Wildman–Crippen MR) is 182 cm³/mol. The van der Waals surface area contributed by atoms with Crippen LogP contribution in [0, 0.1) is 0 Å². The molecule has 1 aliphatic rings. The number of nitrogens with zero attached hydrogens (tertiary/aromatic N) is 4. The fraction of sp³-hybridized carbons (Fsp3) is 0.189. The van der Waals surface area contributed by atoms with Gasteiger partial charge in [-0.25, -0.2) is 0 Å². The van der Waals surface area contributed by atoms with Gasteiger partial charge in [0.2, 0.25) is 0 Å². The first-order chi connectivity index (χ1) is 23.4. The van der Waals surface area contributed by atoms with E-state index in [1.807, 2.05) is 120 Å². The third-order valence-electron chi connectivity index (χ3n) is 9.17. The van der Waals surface area contributed by atoms with Crippen molar-refractivity contribution in [3.05, 3.63) is 132 Å². The molecule has 11 heteroatoms. The summed E-state index contributed by atoms with van der Waals surface area (Å²) in [5.41, 5.74) is 9.31. The Morgan fingerprint density at radius 1 is 0.854 bits per heavy atom. The first kappa shape index (κ1) is 31.3. The van der Waals surface area contributed by atoms with Crippen LogP contribution in [0.2, 0.25) is 5.21 Å². The zero-order valence-corrected chi connectivity index (χ0v) is 27.9. The van der Waals surface area contributed by atoms with Crippen LogP contribution in [0.5, 0.6) is 0 Å². The molecule has 0 saturated carbocycles. The van der Waals surface area contributed by atoms with E-state index in [0.29, 0.717) is 23.0 Å². The summed E-state index contributed by atoms with van der Waals surface area (Å²) in [5, 5.41) is 10.2. The number of rotatable bonds is 11. The van der Waals surface area contributed by atoms with Crippen LogP contribution in [0.15, 0.2) is 115 Å². The molecule has 48 heavy (non-hydrogen) atoms. The van der Waals surface area contributed by atoms with Crippen LogP contribution in [0.3, 0.4) is 0 Å². The molecule has 1 aliphatic heterocycles. The van der Waals surface area contributed by atoms with Crippen molar-refractivity contribution in [2.24, 2.45) is 5.73 Å². The van der Waals surface area contributed by atoms with E-state index in [-0.39, 0.29) is 36.8 Å². The molecule has 0 bridgehead atoms. The summed E-state index contributed by atoms with van der Waals surface area (Å²) in [4.78, 5) is 34.3. The fourth-order valence-electron chi connectivity index (χ4n) is 6.94. The molecule has 10 nitrogen and oxygen atoms in total. The molecule has 0 spiro atoms. The van der Waals surface area contributed by atoms with Crippen molar-refractivity contribution in [1.82, 2.24) is 19.7 Å². The van der Waals surface area contributed by atoms with Crippen LogP contribution in [0.25, 0.3) is 28.0 Å². The van der Waals surface area contributed by atoms with Crippen LogP contribution < -0.4 is 10.6 Å². The molecular formula is C37H33AsN6O4. The molecular weight excluding hydrogens is 667 g/mol. The Morgan fingerprint density at radius 3 is 2.25 bits per heavy atom. The maximum atomic E-state index is 15.4. The quantitative estimate of drug-likeness (QED) is 0.166. The molecule has 0 saturated heterocycles. The summed E-state index contributed by atoms with van der Waals surface area (Å²) in [7, 11) is 0. The van der Waals surface area contributed by atoms with Gasteiger partial charge in [0, 0.05) is 0 Å². The van der Waals surface area contributed by atoms with E-state index >= 15 is 4.79 Å². The molecule has 3 heterocycles. The number of primary amides is 1. The zero-order chi connectivity index (χ0) is 33.3. The second-order valence-electron chi connectivity index (χ2n) is 12.1. The third-order valence-corrected chi connectivity index (χ3v) is 10.6.